The van der Waals surface area contributed by atoms with Crippen LogP contribution in [0.25, 0.3) is 0 Å². The van der Waals surface area contributed by atoms with Crippen LogP contribution in [0.1, 0.15) is 72.1 Å². The molecule has 3 saturated carbocycles. The number of ketones is 1. The number of carboxylic acid groups (broad SMARTS) is 1. The van der Waals surface area contributed by atoms with Gasteiger partial charge in [0.25, 0.3) is 0 Å². The minimum absolute atomic E-state index is 0.0663. The average Bonchev–Trinajstić information content (AvgIpc) is 2.94. The largest absolute Gasteiger partial charge is 0.479 e. The molecule has 2 N–H and O–H groups in total. The van der Waals surface area contributed by atoms with Gasteiger partial charge in [-0.3, -0.25) is 4.79 Å². The van der Waals surface area contributed by atoms with Crippen molar-refractivity contribution in [1.82, 2.24) is 0 Å². The van der Waals surface area contributed by atoms with E-state index in [2.05, 4.69) is 25.1 Å². The number of aliphatic carboxylic acids is 1. The van der Waals surface area contributed by atoms with E-state index in [1.807, 2.05) is 0 Å². The van der Waals surface area contributed by atoms with Crippen LogP contribution in [0, 0.1) is 28.6 Å². The first-order valence-electron chi connectivity index (χ1n) is 11.0. The van der Waals surface area contributed by atoms with E-state index in [9.17, 15) is 14.7 Å². The Morgan fingerprint density at radius 3 is 2.55 bits per heavy atom. The molecule has 29 heavy (non-hydrogen) atoms. The van der Waals surface area contributed by atoms with E-state index in [-0.39, 0.29) is 16.6 Å². The van der Waals surface area contributed by atoms with Crippen molar-refractivity contribution in [1.29, 1.82) is 0 Å². The molecule has 0 aromatic rings. The zero-order valence-corrected chi connectivity index (χ0v) is 17.7. The molecule has 160 valence electrons. The molecule has 0 radical (unpaired) electrons. The lowest BCUT2D eigenvalue weighted by Crippen LogP contribution is -2.57. The molecule has 0 saturated heterocycles. The van der Waals surface area contributed by atoms with Crippen molar-refractivity contribution in [2.75, 3.05) is 6.61 Å². The Bertz CT molecular complexity index is 788. The highest BCUT2D eigenvalue weighted by molar-refractivity contribution is 5.96. The summed E-state index contributed by atoms with van der Waals surface area (Å²) in [5.74, 6) is 0.434. The van der Waals surface area contributed by atoms with Crippen molar-refractivity contribution in [3.05, 3.63) is 11.6 Å². The first kappa shape index (κ1) is 20.6. The number of aliphatic hydroxyl groups is 1. The predicted octanol–water partition coefficient (Wildman–Crippen LogP) is 3.73. The fourth-order valence-corrected chi connectivity index (χ4v) is 7.41. The molecule has 0 aromatic heterocycles. The molecule has 0 aliphatic heterocycles. The number of fused-ring (bicyclic) bond motifs is 5. The first-order valence-corrected chi connectivity index (χ1v) is 11.0. The molecule has 4 aliphatic rings. The van der Waals surface area contributed by atoms with Crippen LogP contribution in [0.5, 0.6) is 0 Å². The molecule has 0 amide bonds. The first-order chi connectivity index (χ1) is 13.6. The van der Waals surface area contributed by atoms with E-state index in [4.69, 9.17) is 9.94 Å². The molecule has 6 atom stereocenters. The van der Waals surface area contributed by atoms with E-state index in [0.29, 0.717) is 24.2 Å². The fraction of sp³-hybridized carbons (Fsp3) is 0.783. The summed E-state index contributed by atoms with van der Waals surface area (Å²) >= 11 is 0. The molecule has 0 spiro atoms. The van der Waals surface area contributed by atoms with Gasteiger partial charge in [0.2, 0.25) is 6.61 Å². The van der Waals surface area contributed by atoms with Gasteiger partial charge in [-0.15, -0.1) is 0 Å². The number of carboxylic acids is 1. The molecule has 6 heteroatoms. The van der Waals surface area contributed by atoms with Crippen molar-refractivity contribution in [2.24, 2.45) is 33.7 Å². The van der Waals surface area contributed by atoms with E-state index >= 15 is 0 Å². The number of oxime groups is 1. The third kappa shape index (κ3) is 2.97. The molecule has 3 fully saturated rings. The van der Waals surface area contributed by atoms with E-state index in [0.717, 1.165) is 50.7 Å². The summed E-state index contributed by atoms with van der Waals surface area (Å²) < 4.78 is 0. The Hall–Kier alpha value is -1.69. The summed E-state index contributed by atoms with van der Waals surface area (Å²) in [6.07, 6.45) is 9.50. The Labute approximate surface area is 172 Å². The van der Waals surface area contributed by atoms with Gasteiger partial charge in [0.05, 0.1) is 5.71 Å². The lowest BCUT2D eigenvalue weighted by atomic mass is 9.46. The lowest BCUT2D eigenvalue weighted by Gasteiger charge is -2.59. The van der Waals surface area contributed by atoms with Gasteiger partial charge in [-0.1, -0.05) is 24.6 Å². The maximum atomic E-state index is 12.3. The molecular formula is C23H33NO5. The fourth-order valence-electron chi connectivity index (χ4n) is 7.41. The number of hydrogen-bond donors (Lipinski definition) is 2. The zero-order valence-electron chi connectivity index (χ0n) is 17.7. The van der Waals surface area contributed by atoms with Crippen molar-refractivity contribution >= 4 is 17.5 Å². The number of carbonyl (C=O) groups is 2. The Morgan fingerprint density at radius 2 is 1.86 bits per heavy atom. The maximum absolute atomic E-state index is 12.3. The van der Waals surface area contributed by atoms with Crippen molar-refractivity contribution < 1.29 is 24.6 Å². The van der Waals surface area contributed by atoms with Crippen LogP contribution < -0.4 is 0 Å². The zero-order chi connectivity index (χ0) is 21.0. The van der Waals surface area contributed by atoms with Crippen LogP contribution >= 0.6 is 0 Å². The average molecular weight is 404 g/mol. The van der Waals surface area contributed by atoms with Gasteiger partial charge < -0.3 is 15.1 Å². The lowest BCUT2D eigenvalue weighted by molar-refractivity contribution is -0.159. The predicted molar refractivity (Wildman–Crippen MR) is 108 cm³/mol. The van der Waals surface area contributed by atoms with Gasteiger partial charge >= 0.3 is 5.97 Å². The molecule has 6 nitrogen and oxygen atoms in total. The Morgan fingerprint density at radius 1 is 1.14 bits per heavy atom. The Balaban J connectivity index is 1.57. The van der Waals surface area contributed by atoms with Gasteiger partial charge in [-0.25, -0.2) is 4.79 Å². The monoisotopic (exact) mass is 403 g/mol. The summed E-state index contributed by atoms with van der Waals surface area (Å²) in [7, 11) is 0. The summed E-state index contributed by atoms with van der Waals surface area (Å²) in [4.78, 5) is 27.9. The van der Waals surface area contributed by atoms with Crippen molar-refractivity contribution in [3.63, 3.8) is 0 Å². The quantitative estimate of drug-likeness (QED) is 0.697. The molecule has 0 bridgehead atoms. The molecular weight excluding hydrogens is 370 g/mol. The van der Waals surface area contributed by atoms with Crippen LogP contribution in [-0.2, 0) is 14.4 Å². The molecule has 0 heterocycles. The molecule has 4 aliphatic carbocycles. The van der Waals surface area contributed by atoms with Crippen molar-refractivity contribution in [3.8, 4) is 0 Å². The number of carbonyl (C=O) groups excluding carboxylic acids is 1. The van der Waals surface area contributed by atoms with Gasteiger partial charge in [0, 0.05) is 5.41 Å². The minimum atomic E-state index is -1.16. The van der Waals surface area contributed by atoms with Gasteiger partial charge in [0.15, 0.2) is 5.78 Å². The molecule has 0 aromatic carbocycles. The standard InChI is InChI=1S/C23H33NO5/c1-14(25)23(28)11-8-19-17-5-4-15-12-16(24-29-13-20(26)27)6-9-21(15,2)18(17)7-10-22(19,23)3/h12,17-19,28H,4-11,13H2,1-3H3,(H,26,27)/b24-16-/t17-,18+,19+,21+,22+,23+/m1/s1. The third-order valence-electron chi connectivity index (χ3n) is 9.08. The SMILES string of the molecule is CC(=O)[C@@]1(O)CC[C@H]2[C@@H]3CCC4=C/C(=N\OCC(=O)O)CC[C@]4(C)[C@H]3CC[C@@]21C. The topological polar surface area (TPSA) is 96.2 Å². The molecule has 0 unspecified atom stereocenters. The van der Waals surface area contributed by atoms with E-state index in [1.54, 1.807) is 6.92 Å². The van der Waals surface area contributed by atoms with Gasteiger partial charge in [-0.2, -0.15) is 0 Å². The summed E-state index contributed by atoms with van der Waals surface area (Å²) in [5, 5.41) is 24.0. The highest BCUT2D eigenvalue weighted by Gasteiger charge is 2.65. The van der Waals surface area contributed by atoms with Crippen LogP contribution in [0.3, 0.4) is 0 Å². The number of allylic oxidation sites excluding steroid dienone is 2. The van der Waals surface area contributed by atoms with Crippen molar-refractivity contribution in [2.45, 2.75) is 77.7 Å². The maximum Gasteiger partial charge on any atom is 0.344 e. The highest BCUT2D eigenvalue weighted by Crippen LogP contribution is 2.67. The van der Waals surface area contributed by atoms with Crippen LogP contribution in [-0.4, -0.2) is 39.9 Å². The normalized spacial score (nSPS) is 45.0. The second-order valence-corrected chi connectivity index (χ2v) is 10.2. The van der Waals surface area contributed by atoms with Crippen LogP contribution in [0.2, 0.25) is 0 Å². The van der Waals surface area contributed by atoms with E-state index < -0.39 is 18.2 Å². The minimum Gasteiger partial charge on any atom is -0.479 e. The number of hydrogen-bond acceptors (Lipinski definition) is 5. The number of nitrogens with zero attached hydrogens (tertiary/aromatic N) is 1. The third-order valence-corrected chi connectivity index (χ3v) is 9.08. The molecule has 4 rings (SSSR count). The van der Waals surface area contributed by atoms with Crippen LogP contribution in [0.15, 0.2) is 16.8 Å². The van der Waals surface area contributed by atoms with Crippen LogP contribution in [0.4, 0.5) is 0 Å². The highest BCUT2D eigenvalue weighted by atomic mass is 16.6. The number of Topliss-reactive ketones (excluding diaryl/α,β-unsaturated/α-hetero) is 1. The number of rotatable bonds is 4. The smallest absolute Gasteiger partial charge is 0.344 e. The summed E-state index contributed by atoms with van der Waals surface area (Å²) in [5.41, 5.74) is 0.903. The second kappa shape index (κ2) is 6.93. The second-order valence-electron chi connectivity index (χ2n) is 10.2. The van der Waals surface area contributed by atoms with E-state index in [1.165, 1.54) is 5.57 Å². The van der Waals surface area contributed by atoms with Gasteiger partial charge in [0.1, 0.15) is 5.60 Å². The summed E-state index contributed by atoms with van der Waals surface area (Å²) in [6.45, 7) is 5.67. The Kier molecular flexibility index (Phi) is 4.92. The summed E-state index contributed by atoms with van der Waals surface area (Å²) in [6, 6.07) is 0. The van der Waals surface area contributed by atoms with Gasteiger partial charge in [-0.05, 0) is 87.5 Å².